The minimum Gasteiger partial charge on any atom is -0.478 e. The lowest BCUT2D eigenvalue weighted by atomic mass is 10.2. The van der Waals surface area contributed by atoms with E-state index < -0.39 is 15.8 Å². The van der Waals surface area contributed by atoms with Gasteiger partial charge in [-0.1, -0.05) is 0 Å². The standard InChI is InChI=1S/C12H16N2O4S/c1-9-8-19(17,18)5-4-14(9)7-11-3-2-10(6-13-11)12(15)16/h2-3,6,9H,4-5,7-8H2,1H3,(H,15,16). The zero-order valence-electron chi connectivity index (χ0n) is 10.6. The minimum atomic E-state index is -2.91. The molecule has 6 nitrogen and oxygen atoms in total. The zero-order valence-corrected chi connectivity index (χ0v) is 11.4. The number of rotatable bonds is 3. The summed E-state index contributed by atoms with van der Waals surface area (Å²) in [6.07, 6.45) is 1.32. The molecule has 1 unspecified atom stereocenters. The molecule has 104 valence electrons. The summed E-state index contributed by atoms with van der Waals surface area (Å²) in [6.45, 7) is 2.91. The van der Waals surface area contributed by atoms with Gasteiger partial charge in [-0.15, -0.1) is 0 Å². The first-order valence-electron chi connectivity index (χ1n) is 6.00. The number of carbonyl (C=O) groups is 1. The van der Waals surface area contributed by atoms with E-state index in [0.29, 0.717) is 13.1 Å². The van der Waals surface area contributed by atoms with Gasteiger partial charge in [0.25, 0.3) is 0 Å². The summed E-state index contributed by atoms with van der Waals surface area (Å²) in [5.74, 6) is -0.665. The Labute approximate surface area is 112 Å². The molecule has 0 saturated carbocycles. The number of carboxylic acids is 1. The first-order valence-corrected chi connectivity index (χ1v) is 7.82. The van der Waals surface area contributed by atoms with Gasteiger partial charge in [0.15, 0.2) is 9.84 Å². The van der Waals surface area contributed by atoms with Crippen molar-refractivity contribution in [2.24, 2.45) is 0 Å². The average molecular weight is 284 g/mol. The highest BCUT2D eigenvalue weighted by atomic mass is 32.2. The molecule has 1 atom stereocenters. The van der Waals surface area contributed by atoms with Crippen molar-refractivity contribution in [1.82, 2.24) is 9.88 Å². The lowest BCUT2D eigenvalue weighted by Gasteiger charge is -2.32. The van der Waals surface area contributed by atoms with Gasteiger partial charge < -0.3 is 5.11 Å². The molecule has 1 aromatic heterocycles. The number of sulfone groups is 1. The van der Waals surface area contributed by atoms with E-state index in [-0.39, 0.29) is 23.1 Å². The maximum Gasteiger partial charge on any atom is 0.337 e. The lowest BCUT2D eigenvalue weighted by Crippen LogP contribution is -2.46. The Morgan fingerprint density at radius 2 is 2.26 bits per heavy atom. The van der Waals surface area contributed by atoms with Gasteiger partial charge in [-0.2, -0.15) is 0 Å². The average Bonchev–Trinajstić information content (AvgIpc) is 2.33. The first-order chi connectivity index (χ1) is 8.87. The third-order valence-corrected chi connectivity index (χ3v) is 5.04. The van der Waals surface area contributed by atoms with E-state index in [1.165, 1.54) is 12.3 Å². The summed E-state index contributed by atoms with van der Waals surface area (Å²) in [5, 5.41) is 8.78. The number of nitrogens with zero attached hydrogens (tertiary/aromatic N) is 2. The van der Waals surface area contributed by atoms with Crippen LogP contribution in [0.25, 0.3) is 0 Å². The van der Waals surface area contributed by atoms with Crippen molar-refractivity contribution >= 4 is 15.8 Å². The highest BCUT2D eigenvalue weighted by Gasteiger charge is 2.28. The number of aromatic nitrogens is 1. The smallest absolute Gasteiger partial charge is 0.337 e. The number of pyridine rings is 1. The molecule has 1 aliphatic rings. The van der Waals surface area contributed by atoms with E-state index in [2.05, 4.69) is 4.98 Å². The van der Waals surface area contributed by atoms with Crippen molar-refractivity contribution in [1.29, 1.82) is 0 Å². The molecule has 0 spiro atoms. The molecule has 1 fully saturated rings. The fourth-order valence-electron chi connectivity index (χ4n) is 2.12. The highest BCUT2D eigenvalue weighted by Crippen LogP contribution is 2.14. The molecule has 1 aromatic rings. The van der Waals surface area contributed by atoms with Crippen LogP contribution in [0.3, 0.4) is 0 Å². The third kappa shape index (κ3) is 3.51. The second kappa shape index (κ2) is 5.26. The predicted octanol–water partition coefficient (Wildman–Crippen LogP) is 0.399. The van der Waals surface area contributed by atoms with Crippen LogP contribution in [-0.2, 0) is 16.4 Å². The highest BCUT2D eigenvalue weighted by molar-refractivity contribution is 7.91. The molecule has 2 rings (SSSR count). The van der Waals surface area contributed by atoms with Gasteiger partial charge in [-0.3, -0.25) is 9.88 Å². The van der Waals surface area contributed by atoms with Crippen LogP contribution < -0.4 is 0 Å². The Kier molecular flexibility index (Phi) is 3.86. The zero-order chi connectivity index (χ0) is 14.0. The van der Waals surface area contributed by atoms with Crippen LogP contribution >= 0.6 is 0 Å². The lowest BCUT2D eigenvalue weighted by molar-refractivity contribution is 0.0696. The Bertz CT molecular complexity index is 568. The van der Waals surface area contributed by atoms with Crippen LogP contribution in [0.15, 0.2) is 18.3 Å². The molecule has 2 heterocycles. The van der Waals surface area contributed by atoms with Gasteiger partial charge in [0.2, 0.25) is 0 Å². The van der Waals surface area contributed by atoms with Crippen molar-refractivity contribution in [2.45, 2.75) is 19.5 Å². The Morgan fingerprint density at radius 1 is 1.53 bits per heavy atom. The number of aromatic carboxylic acids is 1. The van der Waals surface area contributed by atoms with E-state index >= 15 is 0 Å². The van der Waals surface area contributed by atoms with Crippen molar-refractivity contribution in [3.63, 3.8) is 0 Å². The van der Waals surface area contributed by atoms with Gasteiger partial charge in [0.05, 0.1) is 22.8 Å². The van der Waals surface area contributed by atoms with Crippen LogP contribution in [0.4, 0.5) is 0 Å². The second-order valence-corrected chi connectivity index (χ2v) is 7.01. The van der Waals surface area contributed by atoms with Gasteiger partial charge in [0, 0.05) is 25.3 Å². The van der Waals surface area contributed by atoms with E-state index in [9.17, 15) is 13.2 Å². The summed E-state index contributed by atoms with van der Waals surface area (Å²) in [6, 6.07) is 3.13. The number of carboxylic acid groups (broad SMARTS) is 1. The van der Waals surface area contributed by atoms with Gasteiger partial charge in [0.1, 0.15) is 0 Å². The molecule has 0 amide bonds. The predicted molar refractivity (Wildman–Crippen MR) is 69.7 cm³/mol. The first kappa shape index (κ1) is 14.0. The minimum absolute atomic E-state index is 0.0419. The summed E-state index contributed by atoms with van der Waals surface area (Å²) in [5.41, 5.74) is 0.897. The molecule has 1 saturated heterocycles. The quantitative estimate of drug-likeness (QED) is 0.864. The number of hydrogen-bond acceptors (Lipinski definition) is 5. The Hall–Kier alpha value is -1.47. The molecule has 1 aliphatic heterocycles. The summed E-state index contributed by atoms with van der Waals surface area (Å²) < 4.78 is 22.9. The van der Waals surface area contributed by atoms with E-state index in [4.69, 9.17) is 5.11 Å². The maximum absolute atomic E-state index is 11.5. The summed E-state index contributed by atoms with van der Waals surface area (Å²) in [7, 11) is -2.91. The van der Waals surface area contributed by atoms with E-state index in [0.717, 1.165) is 5.69 Å². The monoisotopic (exact) mass is 284 g/mol. The molecule has 1 N–H and O–H groups in total. The van der Waals surface area contributed by atoms with Crippen LogP contribution in [0.1, 0.15) is 23.0 Å². The fraction of sp³-hybridized carbons (Fsp3) is 0.500. The molecule has 0 radical (unpaired) electrons. The summed E-state index contributed by atoms with van der Waals surface area (Å²) in [4.78, 5) is 16.8. The third-order valence-electron chi connectivity index (χ3n) is 3.24. The normalized spacial score (nSPS) is 23.1. The number of hydrogen-bond donors (Lipinski definition) is 1. The van der Waals surface area contributed by atoms with Crippen molar-refractivity contribution in [3.8, 4) is 0 Å². The van der Waals surface area contributed by atoms with E-state index in [1.807, 2.05) is 11.8 Å². The van der Waals surface area contributed by atoms with Crippen molar-refractivity contribution < 1.29 is 18.3 Å². The van der Waals surface area contributed by atoms with Gasteiger partial charge in [-0.25, -0.2) is 13.2 Å². The van der Waals surface area contributed by atoms with Crippen molar-refractivity contribution in [2.75, 3.05) is 18.1 Å². The Morgan fingerprint density at radius 3 is 2.79 bits per heavy atom. The van der Waals surface area contributed by atoms with Crippen LogP contribution in [0.5, 0.6) is 0 Å². The van der Waals surface area contributed by atoms with Crippen LogP contribution in [0.2, 0.25) is 0 Å². The molecule has 0 bridgehead atoms. The van der Waals surface area contributed by atoms with Gasteiger partial charge in [-0.05, 0) is 19.1 Å². The molecule has 0 aliphatic carbocycles. The second-order valence-electron chi connectivity index (χ2n) is 4.78. The van der Waals surface area contributed by atoms with Crippen LogP contribution in [-0.4, -0.2) is 53.5 Å². The van der Waals surface area contributed by atoms with Crippen molar-refractivity contribution in [3.05, 3.63) is 29.6 Å². The fourth-order valence-corrected chi connectivity index (χ4v) is 3.75. The molecular formula is C12H16N2O4S. The molecule has 0 aromatic carbocycles. The molecular weight excluding hydrogens is 268 g/mol. The molecule has 19 heavy (non-hydrogen) atoms. The van der Waals surface area contributed by atoms with E-state index in [1.54, 1.807) is 6.07 Å². The largest absolute Gasteiger partial charge is 0.478 e. The topological polar surface area (TPSA) is 87.6 Å². The van der Waals surface area contributed by atoms with Crippen LogP contribution in [0, 0.1) is 0 Å². The SMILES string of the molecule is CC1CS(=O)(=O)CCN1Cc1ccc(C(=O)O)cn1. The molecule has 7 heteroatoms. The Balaban J connectivity index is 2.03. The maximum atomic E-state index is 11.5. The van der Waals surface area contributed by atoms with Gasteiger partial charge >= 0.3 is 5.97 Å². The summed E-state index contributed by atoms with van der Waals surface area (Å²) >= 11 is 0.